The van der Waals surface area contributed by atoms with Gasteiger partial charge in [0.15, 0.2) is 6.29 Å². The van der Waals surface area contributed by atoms with Crippen molar-refractivity contribution in [2.24, 2.45) is 0 Å². The van der Waals surface area contributed by atoms with E-state index < -0.39 is 0 Å². The molecule has 3 nitrogen and oxygen atoms in total. The van der Waals surface area contributed by atoms with E-state index in [0.29, 0.717) is 16.8 Å². The number of nitrogens with zero attached hydrogens (tertiary/aromatic N) is 2. The normalized spacial score (nSPS) is 10.7. The van der Waals surface area contributed by atoms with Gasteiger partial charge in [-0.1, -0.05) is 60.7 Å². The van der Waals surface area contributed by atoms with Crippen LogP contribution in [-0.4, -0.2) is 16.1 Å². The van der Waals surface area contributed by atoms with E-state index in [-0.39, 0.29) is 5.82 Å². The highest BCUT2D eigenvalue weighted by molar-refractivity contribution is 5.86. The zero-order chi connectivity index (χ0) is 17.9. The Morgan fingerprint density at radius 1 is 0.808 bits per heavy atom. The number of hydrogen-bond donors (Lipinski definition) is 0. The van der Waals surface area contributed by atoms with E-state index >= 15 is 0 Å². The molecular weight excluding hydrogens is 327 g/mol. The number of halogens is 1. The lowest BCUT2D eigenvalue weighted by Gasteiger charge is -2.05. The molecule has 0 spiro atoms. The SMILES string of the molecule is O=Cc1cn(-c2ccccc2)nc1-c1ccc(-c2ccccc2F)cc1. The Labute approximate surface area is 150 Å². The Morgan fingerprint density at radius 2 is 1.46 bits per heavy atom. The number of aromatic nitrogens is 2. The second-order valence-electron chi connectivity index (χ2n) is 5.89. The zero-order valence-corrected chi connectivity index (χ0v) is 13.8. The predicted octanol–water partition coefficient (Wildman–Crippen LogP) is 5.16. The highest BCUT2D eigenvalue weighted by Gasteiger charge is 2.12. The number of aldehydes is 1. The van der Waals surface area contributed by atoms with Crippen LogP contribution >= 0.6 is 0 Å². The Balaban J connectivity index is 1.73. The van der Waals surface area contributed by atoms with Gasteiger partial charge in [-0.25, -0.2) is 9.07 Å². The van der Waals surface area contributed by atoms with Crippen molar-refractivity contribution in [1.29, 1.82) is 0 Å². The first kappa shape index (κ1) is 16.0. The molecule has 0 aliphatic carbocycles. The third-order valence-electron chi connectivity index (χ3n) is 4.23. The van der Waals surface area contributed by atoms with Crippen LogP contribution in [-0.2, 0) is 0 Å². The molecule has 3 aromatic carbocycles. The molecule has 0 fully saturated rings. The monoisotopic (exact) mass is 342 g/mol. The van der Waals surface area contributed by atoms with E-state index in [2.05, 4.69) is 5.10 Å². The van der Waals surface area contributed by atoms with Gasteiger partial charge >= 0.3 is 0 Å². The van der Waals surface area contributed by atoms with Gasteiger partial charge in [-0.05, 0) is 23.8 Å². The molecule has 0 saturated heterocycles. The third kappa shape index (κ3) is 2.93. The van der Waals surface area contributed by atoms with E-state index in [1.807, 2.05) is 54.6 Å². The van der Waals surface area contributed by atoms with Gasteiger partial charge in [-0.2, -0.15) is 5.10 Å². The van der Waals surface area contributed by atoms with Gasteiger partial charge in [-0.15, -0.1) is 0 Å². The summed E-state index contributed by atoms with van der Waals surface area (Å²) in [5, 5.41) is 4.55. The molecule has 0 unspecified atom stereocenters. The highest BCUT2D eigenvalue weighted by Crippen LogP contribution is 2.27. The van der Waals surface area contributed by atoms with Crippen LogP contribution in [0.2, 0.25) is 0 Å². The number of para-hydroxylation sites is 1. The van der Waals surface area contributed by atoms with Gasteiger partial charge < -0.3 is 0 Å². The molecule has 1 heterocycles. The largest absolute Gasteiger partial charge is 0.298 e. The van der Waals surface area contributed by atoms with Crippen molar-refractivity contribution in [1.82, 2.24) is 9.78 Å². The lowest BCUT2D eigenvalue weighted by atomic mass is 10.0. The molecule has 0 aliphatic heterocycles. The maximum absolute atomic E-state index is 13.9. The fraction of sp³-hybridized carbons (Fsp3) is 0. The summed E-state index contributed by atoms with van der Waals surface area (Å²) < 4.78 is 15.6. The van der Waals surface area contributed by atoms with Crippen molar-refractivity contribution in [3.63, 3.8) is 0 Å². The smallest absolute Gasteiger partial charge is 0.153 e. The van der Waals surface area contributed by atoms with Crippen LogP contribution in [0, 0.1) is 5.82 Å². The van der Waals surface area contributed by atoms with Crippen LogP contribution in [0.1, 0.15) is 10.4 Å². The van der Waals surface area contributed by atoms with E-state index in [0.717, 1.165) is 23.1 Å². The highest BCUT2D eigenvalue weighted by atomic mass is 19.1. The summed E-state index contributed by atoms with van der Waals surface area (Å²) in [4.78, 5) is 11.5. The van der Waals surface area contributed by atoms with E-state index in [9.17, 15) is 9.18 Å². The average molecular weight is 342 g/mol. The lowest BCUT2D eigenvalue weighted by molar-refractivity contribution is 0.112. The van der Waals surface area contributed by atoms with Crippen molar-refractivity contribution in [2.75, 3.05) is 0 Å². The summed E-state index contributed by atoms with van der Waals surface area (Å²) >= 11 is 0. The molecule has 1 aromatic heterocycles. The summed E-state index contributed by atoms with van der Waals surface area (Å²) in [5.74, 6) is -0.262. The molecular formula is C22H15FN2O. The minimum absolute atomic E-state index is 0.262. The van der Waals surface area contributed by atoms with Crippen LogP contribution < -0.4 is 0 Å². The molecule has 0 bridgehead atoms. The average Bonchev–Trinajstić information content (AvgIpc) is 3.14. The Hall–Kier alpha value is -3.53. The molecule has 126 valence electrons. The van der Waals surface area contributed by atoms with Crippen LogP contribution in [0.15, 0.2) is 85.1 Å². The van der Waals surface area contributed by atoms with Gasteiger partial charge in [0.2, 0.25) is 0 Å². The number of rotatable bonds is 4. The molecule has 0 amide bonds. The molecule has 0 atom stereocenters. The summed E-state index contributed by atoms with van der Waals surface area (Å²) in [6, 6.07) is 23.6. The molecule has 4 heteroatoms. The van der Waals surface area contributed by atoms with Gasteiger partial charge in [0.25, 0.3) is 0 Å². The van der Waals surface area contributed by atoms with Crippen molar-refractivity contribution in [3.05, 3.63) is 96.4 Å². The van der Waals surface area contributed by atoms with Crippen molar-refractivity contribution in [2.45, 2.75) is 0 Å². The second-order valence-corrected chi connectivity index (χ2v) is 5.89. The quantitative estimate of drug-likeness (QED) is 0.480. The van der Waals surface area contributed by atoms with E-state index in [1.165, 1.54) is 6.07 Å². The summed E-state index contributed by atoms with van der Waals surface area (Å²) in [6.07, 6.45) is 2.51. The number of benzene rings is 3. The Morgan fingerprint density at radius 3 is 2.15 bits per heavy atom. The summed E-state index contributed by atoms with van der Waals surface area (Å²) in [5.41, 5.74) is 4.12. The molecule has 4 rings (SSSR count). The first-order chi connectivity index (χ1) is 12.8. The van der Waals surface area contributed by atoms with Gasteiger partial charge in [0, 0.05) is 17.3 Å². The zero-order valence-electron chi connectivity index (χ0n) is 13.8. The predicted molar refractivity (Wildman–Crippen MR) is 99.8 cm³/mol. The molecule has 26 heavy (non-hydrogen) atoms. The number of hydrogen-bond acceptors (Lipinski definition) is 2. The first-order valence-corrected chi connectivity index (χ1v) is 8.22. The van der Waals surface area contributed by atoms with E-state index in [4.69, 9.17) is 0 Å². The molecule has 4 aromatic rings. The molecule has 0 saturated carbocycles. The maximum atomic E-state index is 13.9. The van der Waals surface area contributed by atoms with Gasteiger partial charge in [-0.3, -0.25) is 4.79 Å². The second kappa shape index (κ2) is 6.76. The third-order valence-corrected chi connectivity index (χ3v) is 4.23. The maximum Gasteiger partial charge on any atom is 0.153 e. The van der Waals surface area contributed by atoms with E-state index in [1.54, 1.807) is 29.1 Å². The van der Waals surface area contributed by atoms with Crippen LogP contribution in [0.3, 0.4) is 0 Å². The number of carbonyl (C=O) groups excluding carboxylic acids is 1. The Kier molecular flexibility index (Phi) is 4.15. The number of carbonyl (C=O) groups is 1. The minimum Gasteiger partial charge on any atom is -0.298 e. The Bertz CT molecular complexity index is 1050. The summed E-state index contributed by atoms with van der Waals surface area (Å²) in [7, 11) is 0. The molecule has 0 aliphatic rings. The van der Waals surface area contributed by atoms with Gasteiger partial charge in [0.05, 0.1) is 11.3 Å². The van der Waals surface area contributed by atoms with Crippen LogP contribution in [0.4, 0.5) is 4.39 Å². The minimum atomic E-state index is -0.262. The first-order valence-electron chi connectivity index (χ1n) is 8.22. The fourth-order valence-electron chi connectivity index (χ4n) is 2.91. The molecule has 0 N–H and O–H groups in total. The van der Waals surface area contributed by atoms with Gasteiger partial charge in [0.1, 0.15) is 11.5 Å². The van der Waals surface area contributed by atoms with Crippen molar-refractivity contribution in [3.8, 4) is 28.1 Å². The van der Waals surface area contributed by atoms with Crippen molar-refractivity contribution < 1.29 is 9.18 Å². The van der Waals surface area contributed by atoms with Crippen LogP contribution in [0.25, 0.3) is 28.1 Å². The summed E-state index contributed by atoms with van der Waals surface area (Å²) in [6.45, 7) is 0. The van der Waals surface area contributed by atoms with Crippen molar-refractivity contribution >= 4 is 6.29 Å². The standard InChI is InChI=1S/C22H15FN2O/c23-21-9-5-4-8-20(21)16-10-12-17(13-11-16)22-18(15-26)14-25(24-22)19-6-2-1-3-7-19/h1-15H. The fourth-order valence-corrected chi connectivity index (χ4v) is 2.91. The van der Waals surface area contributed by atoms with Crippen LogP contribution in [0.5, 0.6) is 0 Å². The molecule has 0 radical (unpaired) electrons. The topological polar surface area (TPSA) is 34.9 Å². The lowest BCUT2D eigenvalue weighted by Crippen LogP contribution is -1.94.